The predicted molar refractivity (Wildman–Crippen MR) is 66.1 cm³/mol. The van der Waals surface area contributed by atoms with Gasteiger partial charge in [0, 0.05) is 12.1 Å². The van der Waals surface area contributed by atoms with Gasteiger partial charge in [-0.15, -0.1) is 0 Å². The van der Waals surface area contributed by atoms with Crippen molar-refractivity contribution in [2.45, 2.75) is 13.0 Å². The third-order valence-corrected chi connectivity index (χ3v) is 2.45. The topological polar surface area (TPSA) is 58.6 Å². The average Bonchev–Trinajstić information content (AvgIpc) is 2.38. The first kappa shape index (κ1) is 14.8. The van der Waals surface area contributed by atoms with Crippen molar-refractivity contribution in [3.8, 4) is 0 Å². The summed E-state index contributed by atoms with van der Waals surface area (Å²) in [6.45, 7) is 2.99. The van der Waals surface area contributed by atoms with E-state index in [0.29, 0.717) is 25.3 Å². The van der Waals surface area contributed by atoms with E-state index >= 15 is 0 Å². The number of halogens is 1. The van der Waals surface area contributed by atoms with Crippen LogP contribution in [0.25, 0.3) is 0 Å². The zero-order chi connectivity index (χ0) is 13.4. The Morgan fingerprint density at radius 1 is 1.39 bits per heavy atom. The van der Waals surface area contributed by atoms with Gasteiger partial charge in [0.05, 0.1) is 25.9 Å². The van der Waals surface area contributed by atoms with Crippen LogP contribution < -0.4 is 5.32 Å². The molecule has 0 amide bonds. The van der Waals surface area contributed by atoms with Gasteiger partial charge in [0.15, 0.2) is 5.78 Å². The molecule has 100 valence electrons. The summed E-state index contributed by atoms with van der Waals surface area (Å²) in [5.41, 5.74) is 0.479. The highest BCUT2D eigenvalue weighted by Gasteiger charge is 2.14. The number of aliphatic hydroxyl groups excluding tert-OH is 1. The Labute approximate surface area is 106 Å². The Morgan fingerprint density at radius 2 is 2.06 bits per heavy atom. The maximum atomic E-state index is 12.7. The lowest BCUT2D eigenvalue weighted by atomic mass is 10.1. The molecule has 0 saturated carbocycles. The molecule has 0 bridgehead atoms. The molecular formula is C13H18FNO3. The van der Waals surface area contributed by atoms with Crippen LogP contribution in [0.15, 0.2) is 24.3 Å². The standard InChI is InChI=1S/C13H18FNO3/c1-10(15-6-8-18-9-7-16)13(17)11-2-4-12(14)5-3-11/h2-5,10,15-16H,6-9H2,1H3. The first-order valence-corrected chi connectivity index (χ1v) is 5.87. The highest BCUT2D eigenvalue weighted by molar-refractivity contribution is 5.99. The number of ketones is 1. The molecule has 0 spiro atoms. The molecule has 18 heavy (non-hydrogen) atoms. The summed E-state index contributed by atoms with van der Waals surface area (Å²) >= 11 is 0. The van der Waals surface area contributed by atoms with Gasteiger partial charge in [-0.25, -0.2) is 4.39 Å². The minimum absolute atomic E-state index is 0.00986. The number of aliphatic hydroxyl groups is 1. The van der Waals surface area contributed by atoms with Gasteiger partial charge in [-0.1, -0.05) is 0 Å². The number of hydrogen-bond acceptors (Lipinski definition) is 4. The maximum absolute atomic E-state index is 12.7. The van der Waals surface area contributed by atoms with Gasteiger partial charge in [-0.05, 0) is 31.2 Å². The zero-order valence-electron chi connectivity index (χ0n) is 10.4. The minimum atomic E-state index is -0.357. The summed E-state index contributed by atoms with van der Waals surface area (Å²) in [6.07, 6.45) is 0. The fourth-order valence-electron chi connectivity index (χ4n) is 1.47. The van der Waals surface area contributed by atoms with Crippen molar-refractivity contribution in [1.29, 1.82) is 0 Å². The molecule has 0 radical (unpaired) electrons. The highest BCUT2D eigenvalue weighted by atomic mass is 19.1. The van der Waals surface area contributed by atoms with E-state index in [2.05, 4.69) is 5.32 Å². The van der Waals surface area contributed by atoms with Gasteiger partial charge in [0.25, 0.3) is 0 Å². The third-order valence-electron chi connectivity index (χ3n) is 2.45. The maximum Gasteiger partial charge on any atom is 0.179 e. The molecule has 4 nitrogen and oxygen atoms in total. The van der Waals surface area contributed by atoms with E-state index in [-0.39, 0.29) is 24.2 Å². The molecular weight excluding hydrogens is 237 g/mol. The van der Waals surface area contributed by atoms with Crippen molar-refractivity contribution in [2.75, 3.05) is 26.4 Å². The largest absolute Gasteiger partial charge is 0.394 e. The van der Waals surface area contributed by atoms with Crippen LogP contribution in [0.4, 0.5) is 4.39 Å². The van der Waals surface area contributed by atoms with Crippen molar-refractivity contribution < 1.29 is 19.0 Å². The quantitative estimate of drug-likeness (QED) is 0.537. The monoisotopic (exact) mass is 255 g/mol. The van der Waals surface area contributed by atoms with Crippen molar-refractivity contribution >= 4 is 5.78 Å². The van der Waals surface area contributed by atoms with Gasteiger partial charge >= 0.3 is 0 Å². The van der Waals surface area contributed by atoms with Crippen LogP contribution >= 0.6 is 0 Å². The molecule has 0 heterocycles. The van der Waals surface area contributed by atoms with Gasteiger partial charge in [0.2, 0.25) is 0 Å². The summed E-state index contributed by atoms with van der Waals surface area (Å²) in [5, 5.41) is 11.5. The fraction of sp³-hybridized carbons (Fsp3) is 0.462. The van der Waals surface area contributed by atoms with E-state index in [1.807, 2.05) is 0 Å². The van der Waals surface area contributed by atoms with Gasteiger partial charge < -0.3 is 15.2 Å². The van der Waals surface area contributed by atoms with Gasteiger partial charge in [0.1, 0.15) is 5.82 Å². The minimum Gasteiger partial charge on any atom is -0.394 e. The lowest BCUT2D eigenvalue weighted by molar-refractivity contribution is 0.0870. The third kappa shape index (κ3) is 4.91. The van der Waals surface area contributed by atoms with Gasteiger partial charge in [-0.3, -0.25) is 4.79 Å². The molecule has 1 atom stereocenters. The summed E-state index contributed by atoms with van der Waals surface area (Å²) in [5.74, 6) is -0.443. The Balaban J connectivity index is 2.34. The molecule has 0 aliphatic carbocycles. The number of hydrogen-bond donors (Lipinski definition) is 2. The van der Waals surface area contributed by atoms with Crippen LogP contribution in [-0.2, 0) is 4.74 Å². The van der Waals surface area contributed by atoms with E-state index in [4.69, 9.17) is 9.84 Å². The summed E-state index contributed by atoms with van der Waals surface area (Å²) < 4.78 is 17.8. The lowest BCUT2D eigenvalue weighted by Gasteiger charge is -2.12. The van der Waals surface area contributed by atoms with E-state index < -0.39 is 0 Å². The summed E-state index contributed by atoms with van der Waals surface area (Å²) in [4.78, 5) is 11.9. The van der Waals surface area contributed by atoms with E-state index in [1.54, 1.807) is 6.92 Å². The fourth-order valence-corrected chi connectivity index (χ4v) is 1.47. The van der Waals surface area contributed by atoms with Gasteiger partial charge in [-0.2, -0.15) is 0 Å². The van der Waals surface area contributed by atoms with E-state index in [9.17, 15) is 9.18 Å². The lowest BCUT2D eigenvalue weighted by Crippen LogP contribution is -2.36. The van der Waals surface area contributed by atoms with Crippen LogP contribution in [-0.4, -0.2) is 43.3 Å². The number of rotatable bonds is 8. The van der Waals surface area contributed by atoms with Crippen LogP contribution in [0.2, 0.25) is 0 Å². The Kier molecular flexibility index (Phi) is 6.49. The van der Waals surface area contributed by atoms with Crippen molar-refractivity contribution in [3.63, 3.8) is 0 Å². The van der Waals surface area contributed by atoms with Crippen LogP contribution in [0.3, 0.4) is 0 Å². The molecule has 2 N–H and O–H groups in total. The molecule has 1 rings (SSSR count). The van der Waals surface area contributed by atoms with Crippen molar-refractivity contribution in [1.82, 2.24) is 5.32 Å². The number of ether oxygens (including phenoxy) is 1. The summed E-state index contributed by atoms with van der Waals surface area (Å²) in [7, 11) is 0. The first-order valence-electron chi connectivity index (χ1n) is 5.87. The second-order valence-corrected chi connectivity index (χ2v) is 3.88. The van der Waals surface area contributed by atoms with Crippen molar-refractivity contribution in [3.05, 3.63) is 35.6 Å². The number of Topliss-reactive ketones (excluding diaryl/α,β-unsaturated/α-hetero) is 1. The number of carbonyl (C=O) groups is 1. The van der Waals surface area contributed by atoms with Crippen LogP contribution in [0, 0.1) is 5.82 Å². The molecule has 5 heteroatoms. The smallest absolute Gasteiger partial charge is 0.179 e. The molecule has 0 aliphatic rings. The Morgan fingerprint density at radius 3 is 2.67 bits per heavy atom. The normalized spacial score (nSPS) is 12.4. The number of carbonyl (C=O) groups excluding carboxylic acids is 1. The molecule has 0 saturated heterocycles. The first-order chi connectivity index (χ1) is 8.65. The summed E-state index contributed by atoms with van der Waals surface area (Å²) in [6, 6.07) is 5.12. The van der Waals surface area contributed by atoms with Crippen LogP contribution in [0.5, 0.6) is 0 Å². The SMILES string of the molecule is CC(NCCOCCO)C(=O)c1ccc(F)cc1. The predicted octanol–water partition coefficient (Wildman–Crippen LogP) is 0.995. The molecule has 0 aliphatic heterocycles. The highest BCUT2D eigenvalue weighted by Crippen LogP contribution is 2.05. The number of nitrogens with one attached hydrogen (secondary N) is 1. The second kappa shape index (κ2) is 7.92. The number of benzene rings is 1. The van der Waals surface area contributed by atoms with E-state index in [1.165, 1.54) is 24.3 Å². The van der Waals surface area contributed by atoms with Crippen molar-refractivity contribution in [2.24, 2.45) is 0 Å². The molecule has 1 unspecified atom stereocenters. The zero-order valence-corrected chi connectivity index (χ0v) is 10.4. The second-order valence-electron chi connectivity index (χ2n) is 3.88. The molecule has 1 aromatic carbocycles. The Hall–Kier alpha value is -1.30. The molecule has 0 aromatic heterocycles. The molecule has 1 aromatic rings. The van der Waals surface area contributed by atoms with E-state index in [0.717, 1.165) is 0 Å². The Bertz CT molecular complexity index is 367. The average molecular weight is 255 g/mol. The van der Waals surface area contributed by atoms with Crippen LogP contribution in [0.1, 0.15) is 17.3 Å². The molecule has 0 fully saturated rings.